The Hall–Kier alpha value is -4.37. The summed E-state index contributed by atoms with van der Waals surface area (Å²) in [7, 11) is 0. The minimum atomic E-state index is -1.11. The molecule has 1 unspecified atom stereocenters. The van der Waals surface area contributed by atoms with Gasteiger partial charge in [-0.3, -0.25) is 4.79 Å². The average Bonchev–Trinajstić information content (AvgIpc) is 3.32. The zero-order chi connectivity index (χ0) is 32.2. The number of hydrogen-bond donors (Lipinski definition) is 0. The molecule has 0 saturated heterocycles. The molecule has 0 amide bonds. The number of unbranched alkanes of at least 4 members (excludes halogenated alkanes) is 3. The molecule has 1 aliphatic rings. The molecule has 0 saturated carbocycles. The summed E-state index contributed by atoms with van der Waals surface area (Å²) in [5.74, 6) is -1.02. The Morgan fingerprint density at radius 2 is 1.38 bits per heavy atom. The Morgan fingerprint density at radius 1 is 0.778 bits per heavy atom. The van der Waals surface area contributed by atoms with Crippen molar-refractivity contribution in [2.24, 2.45) is 0 Å². The van der Waals surface area contributed by atoms with Crippen LogP contribution >= 0.6 is 11.8 Å². The molecule has 0 N–H and O–H groups in total. The topological polar surface area (TPSA) is 88.1 Å². The number of fused-ring (bicyclic) bond motifs is 3. The summed E-state index contributed by atoms with van der Waals surface area (Å²) >= 11 is 1.20. The lowest BCUT2D eigenvalue weighted by Gasteiger charge is -2.11. The lowest BCUT2D eigenvalue weighted by Crippen LogP contribution is -2.08. The molecular weight excluding hydrogens is 595 g/mol. The van der Waals surface area contributed by atoms with Crippen LogP contribution in [0, 0.1) is 0 Å². The van der Waals surface area contributed by atoms with Crippen LogP contribution in [0.1, 0.15) is 66.4 Å². The fourth-order valence-corrected chi connectivity index (χ4v) is 5.72. The highest BCUT2D eigenvalue weighted by Gasteiger charge is 2.26. The Balaban J connectivity index is 1.23. The normalized spacial score (nSPS) is 12.9. The van der Waals surface area contributed by atoms with Crippen LogP contribution in [0.25, 0.3) is 11.1 Å². The molecule has 1 aliphatic carbocycles. The highest BCUT2D eigenvalue weighted by atomic mass is 32.2. The van der Waals surface area contributed by atoms with E-state index in [0.717, 1.165) is 64.7 Å². The van der Waals surface area contributed by atoms with E-state index in [4.69, 9.17) is 18.9 Å². The van der Waals surface area contributed by atoms with Crippen LogP contribution in [0.2, 0.25) is 0 Å². The summed E-state index contributed by atoms with van der Waals surface area (Å²) in [6.45, 7) is 9.76. The average molecular weight is 633 g/mol. The van der Waals surface area contributed by atoms with E-state index < -0.39 is 17.8 Å². The third kappa shape index (κ3) is 9.56. The van der Waals surface area contributed by atoms with E-state index in [1.54, 1.807) is 12.1 Å². The first-order chi connectivity index (χ1) is 21.8. The Kier molecular flexibility index (Phi) is 12.4. The van der Waals surface area contributed by atoms with E-state index in [2.05, 4.69) is 32.2 Å². The summed E-state index contributed by atoms with van der Waals surface area (Å²) in [6, 6.07) is 19.3. The molecule has 0 aliphatic heterocycles. The van der Waals surface area contributed by atoms with Crippen molar-refractivity contribution < 1.29 is 37.7 Å². The molecule has 4 rings (SSSR count). The van der Waals surface area contributed by atoms with Crippen LogP contribution in [-0.2, 0) is 19.1 Å². The van der Waals surface area contributed by atoms with Crippen molar-refractivity contribution in [2.45, 2.75) is 49.8 Å². The van der Waals surface area contributed by atoms with Gasteiger partial charge in [0.25, 0.3) is 0 Å². The second kappa shape index (κ2) is 16.6. The van der Waals surface area contributed by atoms with Gasteiger partial charge in [-0.15, -0.1) is 0 Å². The number of ether oxygens (including phenoxy) is 4. The number of carbonyl (C=O) groups is 3. The van der Waals surface area contributed by atoms with Crippen LogP contribution in [0.5, 0.6) is 11.5 Å². The zero-order valence-corrected chi connectivity index (χ0v) is 26.2. The lowest BCUT2D eigenvalue weighted by atomic mass is 9.99. The smallest absolute Gasteiger partial charge is 0.366 e. The maximum absolute atomic E-state index is 13.1. The third-order valence-corrected chi connectivity index (χ3v) is 8.21. The Bertz CT molecular complexity index is 1530. The number of halogens is 1. The second-order valence-electron chi connectivity index (χ2n) is 10.5. The van der Waals surface area contributed by atoms with E-state index >= 15 is 0 Å². The van der Waals surface area contributed by atoms with Crippen molar-refractivity contribution in [1.82, 2.24) is 0 Å². The van der Waals surface area contributed by atoms with Gasteiger partial charge in [-0.1, -0.05) is 32.2 Å². The standard InChI is InChI=1S/C36H37FO7S/c1-4-34(38)43-19-8-6-5-7-18-41-27-12-10-26(11-13-27)36(40)45-29-15-17-31-30-16-14-28(22-32(30)24(2)33(31)23-29)42-20-9-21-44-35(39)25(3)37/h4,10-17,22-24H,1,3,5-9,18-21H2,2H3. The summed E-state index contributed by atoms with van der Waals surface area (Å²) in [5.41, 5.74) is 5.16. The first-order valence-corrected chi connectivity index (χ1v) is 15.7. The van der Waals surface area contributed by atoms with Gasteiger partial charge >= 0.3 is 11.9 Å². The van der Waals surface area contributed by atoms with Crippen molar-refractivity contribution in [3.63, 3.8) is 0 Å². The SMILES string of the molecule is C=CC(=O)OCCCCCCOc1ccc(C(=O)Sc2ccc3c(c2)C(C)c2cc(OCCCOC(=O)C(=C)F)ccc2-3)cc1. The number of thioether (sulfide) groups is 1. The molecule has 236 valence electrons. The molecule has 0 fully saturated rings. The largest absolute Gasteiger partial charge is 0.494 e. The van der Waals surface area contributed by atoms with E-state index in [1.807, 2.05) is 36.4 Å². The van der Waals surface area contributed by atoms with Crippen molar-refractivity contribution in [1.29, 1.82) is 0 Å². The van der Waals surface area contributed by atoms with E-state index in [-0.39, 0.29) is 17.6 Å². The molecule has 0 aromatic heterocycles. The van der Waals surface area contributed by atoms with E-state index in [9.17, 15) is 18.8 Å². The third-order valence-electron chi connectivity index (χ3n) is 7.30. The van der Waals surface area contributed by atoms with Gasteiger partial charge in [0.2, 0.25) is 10.9 Å². The first-order valence-electron chi connectivity index (χ1n) is 14.9. The fraction of sp³-hybridized carbons (Fsp3) is 0.306. The minimum Gasteiger partial charge on any atom is -0.494 e. The predicted molar refractivity (Wildman–Crippen MR) is 172 cm³/mol. The molecule has 0 bridgehead atoms. The number of benzene rings is 3. The molecule has 3 aromatic rings. The van der Waals surface area contributed by atoms with E-state index in [1.165, 1.54) is 11.8 Å². The summed E-state index contributed by atoms with van der Waals surface area (Å²) in [4.78, 5) is 36.1. The van der Waals surface area contributed by atoms with Crippen molar-refractivity contribution in [2.75, 3.05) is 26.4 Å². The maximum atomic E-state index is 13.1. The number of hydrogen-bond acceptors (Lipinski definition) is 8. The van der Waals surface area contributed by atoms with Crippen LogP contribution in [0.3, 0.4) is 0 Å². The zero-order valence-electron chi connectivity index (χ0n) is 25.4. The van der Waals surface area contributed by atoms with Gasteiger partial charge in [0, 0.05) is 28.9 Å². The minimum absolute atomic E-state index is 0.0426. The van der Waals surface area contributed by atoms with Gasteiger partial charge < -0.3 is 18.9 Å². The van der Waals surface area contributed by atoms with Crippen LogP contribution < -0.4 is 9.47 Å². The molecule has 9 heteroatoms. The molecule has 0 heterocycles. The highest BCUT2D eigenvalue weighted by molar-refractivity contribution is 8.14. The van der Waals surface area contributed by atoms with Gasteiger partial charge in [0.15, 0.2) is 0 Å². The Labute approximate surface area is 267 Å². The lowest BCUT2D eigenvalue weighted by molar-refractivity contribution is -0.141. The number of rotatable bonds is 17. The fourth-order valence-electron chi connectivity index (χ4n) is 4.93. The van der Waals surface area contributed by atoms with Crippen molar-refractivity contribution in [3.8, 4) is 22.6 Å². The van der Waals surface area contributed by atoms with Crippen LogP contribution in [0.15, 0.2) is 90.6 Å². The van der Waals surface area contributed by atoms with Crippen LogP contribution in [-0.4, -0.2) is 43.5 Å². The maximum Gasteiger partial charge on any atom is 0.366 e. The van der Waals surface area contributed by atoms with Gasteiger partial charge in [0.05, 0.1) is 26.4 Å². The van der Waals surface area contributed by atoms with Gasteiger partial charge in [0.1, 0.15) is 11.5 Å². The number of carbonyl (C=O) groups excluding carboxylic acids is 3. The summed E-state index contributed by atoms with van der Waals surface area (Å²) in [6.07, 6.45) is 5.21. The second-order valence-corrected chi connectivity index (χ2v) is 11.6. The number of esters is 2. The molecule has 1 atom stereocenters. The van der Waals surface area contributed by atoms with Crippen molar-refractivity contribution in [3.05, 3.63) is 102 Å². The van der Waals surface area contributed by atoms with Crippen molar-refractivity contribution >= 4 is 28.8 Å². The van der Waals surface area contributed by atoms with Gasteiger partial charge in [-0.25, -0.2) is 9.59 Å². The molecule has 7 nitrogen and oxygen atoms in total. The monoisotopic (exact) mass is 632 g/mol. The van der Waals surface area contributed by atoms with Gasteiger partial charge in [-0.2, -0.15) is 4.39 Å². The molecule has 0 spiro atoms. The van der Waals surface area contributed by atoms with Gasteiger partial charge in [-0.05, 0) is 108 Å². The Morgan fingerprint density at radius 3 is 2.09 bits per heavy atom. The van der Waals surface area contributed by atoms with Crippen LogP contribution in [0.4, 0.5) is 4.39 Å². The molecule has 3 aromatic carbocycles. The quantitative estimate of drug-likeness (QED) is 0.0637. The molecule has 45 heavy (non-hydrogen) atoms. The highest BCUT2D eigenvalue weighted by Crippen LogP contribution is 2.47. The van der Waals surface area contributed by atoms with E-state index in [0.29, 0.717) is 37.6 Å². The molecular formula is C36H37FO7S. The first kappa shape index (κ1) is 33.5. The predicted octanol–water partition coefficient (Wildman–Crippen LogP) is 8.22. The molecule has 0 radical (unpaired) electrons. The summed E-state index contributed by atoms with van der Waals surface area (Å²) in [5, 5.41) is -0.0426. The summed E-state index contributed by atoms with van der Waals surface area (Å²) < 4.78 is 34.0.